The lowest BCUT2D eigenvalue weighted by Crippen LogP contribution is -2.29. The minimum Gasteiger partial charge on any atom is -0.354 e. The number of carbonyl (C=O) groups excluding carboxylic acids is 3. The molecule has 1 fully saturated rings. The van der Waals surface area contributed by atoms with Gasteiger partial charge in [0.1, 0.15) is 0 Å². The van der Waals surface area contributed by atoms with Crippen LogP contribution in [-0.2, 0) is 14.4 Å². The van der Waals surface area contributed by atoms with E-state index >= 15 is 0 Å². The number of amides is 3. The first-order valence-electron chi connectivity index (χ1n) is 9.13. The quantitative estimate of drug-likeness (QED) is 0.443. The number of likely N-dealkylation sites (tertiary alicyclic amines) is 1. The van der Waals surface area contributed by atoms with Crippen LogP contribution in [0.25, 0.3) is 0 Å². The molecular formula is C18H32N2O3. The summed E-state index contributed by atoms with van der Waals surface area (Å²) in [5.41, 5.74) is 0. The van der Waals surface area contributed by atoms with Crippen molar-refractivity contribution in [1.29, 1.82) is 0 Å². The van der Waals surface area contributed by atoms with E-state index < -0.39 is 0 Å². The lowest BCUT2D eigenvalue weighted by molar-refractivity contribution is -0.138. The molecule has 0 aromatic heterocycles. The maximum absolute atomic E-state index is 11.5. The minimum absolute atomic E-state index is 0.00324. The summed E-state index contributed by atoms with van der Waals surface area (Å²) in [5.74, 6) is 0.152. The van der Waals surface area contributed by atoms with Gasteiger partial charge in [-0.05, 0) is 26.7 Å². The van der Waals surface area contributed by atoms with Crippen LogP contribution in [0.4, 0.5) is 0 Å². The van der Waals surface area contributed by atoms with Gasteiger partial charge < -0.3 is 5.32 Å². The Labute approximate surface area is 140 Å². The number of hydrogen-bond donors (Lipinski definition) is 1. The molecule has 1 aliphatic rings. The lowest BCUT2D eigenvalue weighted by atomic mass is 10.1. The number of nitrogens with one attached hydrogen (secondary N) is 1. The third kappa shape index (κ3) is 8.72. The van der Waals surface area contributed by atoms with E-state index in [9.17, 15) is 14.4 Å². The molecule has 3 amide bonds. The molecular weight excluding hydrogens is 292 g/mol. The van der Waals surface area contributed by atoms with Crippen LogP contribution >= 0.6 is 0 Å². The maximum atomic E-state index is 11.5. The Bertz CT molecular complexity index is 378. The standard InChI is InChI=1S/C18H32N2O3/c1-15(2)19-16(21)11-9-7-5-3-4-6-8-10-14-20-17(22)12-13-18(20)23/h15H,3-14H2,1-2H3,(H,19,21). The molecule has 0 radical (unpaired) electrons. The summed E-state index contributed by atoms with van der Waals surface area (Å²) in [4.78, 5) is 35.7. The molecule has 5 heteroatoms. The molecule has 0 aromatic carbocycles. The van der Waals surface area contributed by atoms with Gasteiger partial charge in [0, 0.05) is 31.8 Å². The van der Waals surface area contributed by atoms with Gasteiger partial charge in [-0.2, -0.15) is 0 Å². The molecule has 0 bridgehead atoms. The van der Waals surface area contributed by atoms with Gasteiger partial charge in [-0.1, -0.05) is 38.5 Å². The van der Waals surface area contributed by atoms with Gasteiger partial charge in [0.25, 0.3) is 0 Å². The first-order chi connectivity index (χ1) is 11.0. The topological polar surface area (TPSA) is 66.5 Å². The largest absolute Gasteiger partial charge is 0.354 e. The third-order valence-electron chi connectivity index (χ3n) is 4.14. The number of imide groups is 1. The summed E-state index contributed by atoms with van der Waals surface area (Å²) < 4.78 is 0. The number of nitrogens with zero attached hydrogens (tertiary/aromatic N) is 1. The molecule has 1 aliphatic heterocycles. The Balaban J connectivity index is 1.86. The molecule has 5 nitrogen and oxygen atoms in total. The van der Waals surface area contributed by atoms with Crippen molar-refractivity contribution in [2.75, 3.05) is 6.54 Å². The molecule has 1 heterocycles. The van der Waals surface area contributed by atoms with Gasteiger partial charge in [0.15, 0.2) is 0 Å². The van der Waals surface area contributed by atoms with Crippen molar-refractivity contribution in [1.82, 2.24) is 10.2 Å². The van der Waals surface area contributed by atoms with Gasteiger partial charge in [-0.3, -0.25) is 19.3 Å². The molecule has 0 saturated carbocycles. The van der Waals surface area contributed by atoms with E-state index in [1.54, 1.807) is 0 Å². The van der Waals surface area contributed by atoms with Crippen LogP contribution in [0, 0.1) is 0 Å². The van der Waals surface area contributed by atoms with E-state index in [1.165, 1.54) is 24.2 Å². The molecule has 0 aromatic rings. The zero-order chi connectivity index (χ0) is 17.1. The summed E-state index contributed by atoms with van der Waals surface area (Å²) in [6.07, 6.45) is 10.2. The molecule has 1 N–H and O–H groups in total. The first kappa shape index (κ1) is 19.7. The molecule has 1 saturated heterocycles. The maximum Gasteiger partial charge on any atom is 0.229 e. The second-order valence-electron chi connectivity index (χ2n) is 6.74. The van der Waals surface area contributed by atoms with Gasteiger partial charge in [0.05, 0.1) is 0 Å². The Morgan fingerprint density at radius 2 is 1.39 bits per heavy atom. The third-order valence-corrected chi connectivity index (χ3v) is 4.14. The van der Waals surface area contributed by atoms with Crippen molar-refractivity contribution in [3.63, 3.8) is 0 Å². The molecule has 0 aliphatic carbocycles. The zero-order valence-electron chi connectivity index (χ0n) is 14.7. The minimum atomic E-state index is -0.00324. The van der Waals surface area contributed by atoms with Crippen molar-refractivity contribution in [2.24, 2.45) is 0 Å². The Kier molecular flexibility index (Phi) is 9.57. The summed E-state index contributed by atoms with van der Waals surface area (Å²) >= 11 is 0. The van der Waals surface area contributed by atoms with E-state index in [-0.39, 0.29) is 23.8 Å². The van der Waals surface area contributed by atoms with Crippen LogP contribution in [0.1, 0.15) is 84.5 Å². The number of hydrogen-bond acceptors (Lipinski definition) is 3. The summed E-state index contributed by atoms with van der Waals surface area (Å²) in [5, 5.41) is 2.91. The number of unbranched alkanes of at least 4 members (excludes halogenated alkanes) is 7. The van der Waals surface area contributed by atoms with Crippen LogP contribution in [0.15, 0.2) is 0 Å². The SMILES string of the molecule is CC(C)NC(=O)CCCCCCCCCCN1C(=O)CCC1=O. The van der Waals surface area contributed by atoms with Crippen molar-refractivity contribution in [3.05, 3.63) is 0 Å². The van der Waals surface area contributed by atoms with Crippen LogP contribution in [0.5, 0.6) is 0 Å². The van der Waals surface area contributed by atoms with Gasteiger partial charge in [-0.15, -0.1) is 0 Å². The molecule has 132 valence electrons. The molecule has 0 spiro atoms. The van der Waals surface area contributed by atoms with Crippen molar-refractivity contribution in [3.8, 4) is 0 Å². The van der Waals surface area contributed by atoms with Crippen LogP contribution in [0.3, 0.4) is 0 Å². The van der Waals surface area contributed by atoms with E-state index in [1.807, 2.05) is 13.8 Å². The van der Waals surface area contributed by atoms with E-state index in [0.717, 1.165) is 32.1 Å². The van der Waals surface area contributed by atoms with Crippen LogP contribution < -0.4 is 5.32 Å². The van der Waals surface area contributed by atoms with Crippen LogP contribution in [-0.4, -0.2) is 35.2 Å². The Morgan fingerprint density at radius 1 is 0.913 bits per heavy atom. The van der Waals surface area contributed by atoms with Gasteiger partial charge in [-0.25, -0.2) is 0 Å². The molecule has 1 rings (SSSR count). The van der Waals surface area contributed by atoms with Crippen molar-refractivity contribution < 1.29 is 14.4 Å². The summed E-state index contributed by atoms with van der Waals surface area (Å²) in [6.45, 7) is 4.56. The average molecular weight is 324 g/mol. The number of rotatable bonds is 12. The predicted molar refractivity (Wildman–Crippen MR) is 90.8 cm³/mol. The zero-order valence-corrected chi connectivity index (χ0v) is 14.7. The monoisotopic (exact) mass is 324 g/mol. The van der Waals surface area contributed by atoms with E-state index in [2.05, 4.69) is 5.32 Å². The van der Waals surface area contributed by atoms with Gasteiger partial charge in [0.2, 0.25) is 17.7 Å². The summed E-state index contributed by atoms with van der Waals surface area (Å²) in [6, 6.07) is 0.230. The lowest BCUT2D eigenvalue weighted by Gasteiger charge is -2.13. The summed E-state index contributed by atoms with van der Waals surface area (Å²) in [7, 11) is 0. The highest BCUT2D eigenvalue weighted by Gasteiger charge is 2.27. The second-order valence-corrected chi connectivity index (χ2v) is 6.74. The van der Waals surface area contributed by atoms with E-state index in [0.29, 0.717) is 25.8 Å². The second kappa shape index (κ2) is 11.2. The fraction of sp³-hybridized carbons (Fsp3) is 0.833. The number of carbonyl (C=O) groups is 3. The highest BCUT2D eigenvalue weighted by molar-refractivity contribution is 6.01. The normalized spacial score (nSPS) is 14.8. The smallest absolute Gasteiger partial charge is 0.229 e. The highest BCUT2D eigenvalue weighted by Crippen LogP contribution is 2.14. The fourth-order valence-corrected chi connectivity index (χ4v) is 2.88. The average Bonchev–Trinajstić information content (AvgIpc) is 2.79. The Hall–Kier alpha value is -1.39. The highest BCUT2D eigenvalue weighted by atomic mass is 16.2. The first-order valence-corrected chi connectivity index (χ1v) is 9.13. The molecule has 0 unspecified atom stereocenters. The van der Waals surface area contributed by atoms with Gasteiger partial charge >= 0.3 is 0 Å². The van der Waals surface area contributed by atoms with Crippen molar-refractivity contribution >= 4 is 17.7 Å². The van der Waals surface area contributed by atoms with Crippen molar-refractivity contribution in [2.45, 2.75) is 90.5 Å². The predicted octanol–water partition coefficient (Wildman–Crippen LogP) is 3.17. The molecule has 23 heavy (non-hydrogen) atoms. The van der Waals surface area contributed by atoms with E-state index in [4.69, 9.17) is 0 Å². The Morgan fingerprint density at radius 3 is 1.91 bits per heavy atom. The fourth-order valence-electron chi connectivity index (χ4n) is 2.88. The molecule has 0 atom stereocenters. The van der Waals surface area contributed by atoms with Crippen LogP contribution in [0.2, 0.25) is 0 Å².